The molecule has 1 aliphatic rings. The van der Waals surface area contributed by atoms with Crippen LogP contribution in [0.5, 0.6) is 0 Å². The molecule has 2 heteroatoms. The van der Waals surface area contributed by atoms with Crippen LogP contribution in [0.4, 0.5) is 0 Å². The first-order valence-corrected chi connectivity index (χ1v) is 3.49. The monoisotopic (exact) mass is 130 g/mol. The van der Waals surface area contributed by atoms with Crippen molar-refractivity contribution in [3.63, 3.8) is 0 Å². The van der Waals surface area contributed by atoms with Gasteiger partial charge in [0, 0.05) is 0 Å². The Balaban J connectivity index is 2.54. The van der Waals surface area contributed by atoms with Gasteiger partial charge < -0.3 is 10.2 Å². The number of hydrogen-bond donors (Lipinski definition) is 2. The van der Waals surface area contributed by atoms with Crippen LogP contribution in [0.15, 0.2) is 0 Å². The van der Waals surface area contributed by atoms with Crippen molar-refractivity contribution in [3.05, 3.63) is 0 Å². The van der Waals surface area contributed by atoms with Crippen molar-refractivity contribution in [1.82, 2.24) is 0 Å². The average Bonchev–Trinajstić information content (AvgIpc) is 1.98. The molecule has 2 nitrogen and oxygen atoms in total. The summed E-state index contributed by atoms with van der Waals surface area (Å²) >= 11 is 0. The van der Waals surface area contributed by atoms with E-state index in [4.69, 9.17) is 0 Å². The van der Waals surface area contributed by atoms with E-state index in [-0.39, 0.29) is 24.0 Å². The fourth-order valence-electron chi connectivity index (χ4n) is 1.38. The Morgan fingerprint density at radius 3 is 1.44 bits per heavy atom. The highest BCUT2D eigenvalue weighted by molar-refractivity contribution is 4.85. The second kappa shape index (κ2) is 2.27. The predicted molar refractivity (Wildman–Crippen MR) is 35.0 cm³/mol. The van der Waals surface area contributed by atoms with Crippen molar-refractivity contribution in [2.24, 2.45) is 11.8 Å². The van der Waals surface area contributed by atoms with E-state index in [1.807, 2.05) is 13.8 Å². The van der Waals surface area contributed by atoms with E-state index < -0.39 is 0 Å². The second-order valence-electron chi connectivity index (χ2n) is 3.09. The van der Waals surface area contributed by atoms with Crippen LogP contribution in [0.2, 0.25) is 0 Å². The molecular weight excluding hydrogens is 116 g/mol. The zero-order valence-electron chi connectivity index (χ0n) is 5.91. The Hall–Kier alpha value is -0.0800. The SMILES string of the molecule is CC1C(O)CC(O)[C@@H]1C. The maximum absolute atomic E-state index is 9.18. The van der Waals surface area contributed by atoms with Crippen LogP contribution in [0.25, 0.3) is 0 Å². The molecule has 1 saturated carbocycles. The maximum Gasteiger partial charge on any atom is 0.0594 e. The summed E-state index contributed by atoms with van der Waals surface area (Å²) in [4.78, 5) is 0. The standard InChI is InChI=1S/C7H14O2/c1-4-5(2)7(9)3-6(4)8/h4-9H,3H2,1-2H3/t4-,5?,6?,7?/m1/s1. The van der Waals surface area contributed by atoms with Crippen molar-refractivity contribution in [3.8, 4) is 0 Å². The Bertz CT molecular complexity index is 91.1. The highest BCUT2D eigenvalue weighted by Gasteiger charge is 2.35. The topological polar surface area (TPSA) is 40.5 Å². The summed E-state index contributed by atoms with van der Waals surface area (Å²) in [6, 6.07) is 0. The van der Waals surface area contributed by atoms with Gasteiger partial charge in [-0.2, -0.15) is 0 Å². The molecule has 0 aromatic heterocycles. The first kappa shape index (κ1) is 7.03. The van der Waals surface area contributed by atoms with E-state index in [1.165, 1.54) is 0 Å². The first-order chi connectivity index (χ1) is 4.13. The highest BCUT2D eigenvalue weighted by atomic mass is 16.3. The number of aliphatic hydroxyl groups excluding tert-OH is 2. The molecule has 3 unspecified atom stereocenters. The third kappa shape index (κ3) is 1.10. The predicted octanol–water partition coefficient (Wildman–Crippen LogP) is 0.384. The van der Waals surface area contributed by atoms with E-state index in [0.717, 1.165) is 0 Å². The largest absolute Gasteiger partial charge is 0.393 e. The summed E-state index contributed by atoms with van der Waals surface area (Å²) in [7, 11) is 0. The summed E-state index contributed by atoms with van der Waals surface area (Å²) < 4.78 is 0. The van der Waals surface area contributed by atoms with Gasteiger partial charge >= 0.3 is 0 Å². The number of rotatable bonds is 0. The van der Waals surface area contributed by atoms with Crippen LogP contribution < -0.4 is 0 Å². The summed E-state index contributed by atoms with van der Waals surface area (Å²) in [6.07, 6.45) is -0.00694. The van der Waals surface area contributed by atoms with Gasteiger partial charge in [-0.3, -0.25) is 0 Å². The lowest BCUT2D eigenvalue weighted by molar-refractivity contribution is 0.123. The summed E-state index contributed by atoms with van der Waals surface area (Å²) in [5.41, 5.74) is 0. The van der Waals surface area contributed by atoms with Crippen LogP contribution >= 0.6 is 0 Å². The lowest BCUT2D eigenvalue weighted by atomic mass is 9.98. The Morgan fingerprint density at radius 2 is 1.33 bits per heavy atom. The normalized spacial score (nSPS) is 52.0. The molecular formula is C7H14O2. The Labute approximate surface area is 55.5 Å². The van der Waals surface area contributed by atoms with Crippen LogP contribution in [0, 0.1) is 11.8 Å². The summed E-state index contributed by atoms with van der Waals surface area (Å²) in [6.45, 7) is 3.96. The number of hydrogen-bond acceptors (Lipinski definition) is 2. The second-order valence-corrected chi connectivity index (χ2v) is 3.09. The molecule has 0 aliphatic heterocycles. The molecule has 0 aromatic carbocycles. The summed E-state index contributed by atoms with van der Waals surface area (Å²) in [5.74, 6) is 0.528. The van der Waals surface area contributed by atoms with Gasteiger partial charge in [0.05, 0.1) is 12.2 Å². The molecule has 2 N–H and O–H groups in total. The molecule has 0 amide bonds. The summed E-state index contributed by atoms with van der Waals surface area (Å²) in [5, 5.41) is 18.4. The minimum atomic E-state index is -0.282. The van der Waals surface area contributed by atoms with E-state index in [2.05, 4.69) is 0 Å². The van der Waals surface area contributed by atoms with Gasteiger partial charge in [-0.1, -0.05) is 13.8 Å². The minimum Gasteiger partial charge on any atom is -0.393 e. The molecule has 0 radical (unpaired) electrons. The van der Waals surface area contributed by atoms with Gasteiger partial charge in [0.2, 0.25) is 0 Å². The molecule has 0 heterocycles. The average molecular weight is 130 g/mol. The van der Waals surface area contributed by atoms with Gasteiger partial charge in [-0.25, -0.2) is 0 Å². The van der Waals surface area contributed by atoms with Gasteiger partial charge in [0.25, 0.3) is 0 Å². The van der Waals surface area contributed by atoms with Crippen molar-refractivity contribution in [2.45, 2.75) is 32.5 Å². The lowest BCUT2D eigenvalue weighted by Crippen LogP contribution is -2.15. The maximum atomic E-state index is 9.18. The van der Waals surface area contributed by atoms with Crippen molar-refractivity contribution >= 4 is 0 Å². The fraction of sp³-hybridized carbons (Fsp3) is 1.00. The zero-order chi connectivity index (χ0) is 7.02. The molecule has 54 valence electrons. The van der Waals surface area contributed by atoms with Crippen molar-refractivity contribution in [2.75, 3.05) is 0 Å². The van der Waals surface area contributed by atoms with E-state index >= 15 is 0 Å². The van der Waals surface area contributed by atoms with Gasteiger partial charge in [0.15, 0.2) is 0 Å². The van der Waals surface area contributed by atoms with Gasteiger partial charge in [-0.05, 0) is 18.3 Å². The van der Waals surface area contributed by atoms with Crippen LogP contribution in [-0.2, 0) is 0 Å². The molecule has 9 heavy (non-hydrogen) atoms. The first-order valence-electron chi connectivity index (χ1n) is 3.49. The third-order valence-corrected chi connectivity index (χ3v) is 2.53. The van der Waals surface area contributed by atoms with Crippen LogP contribution in [-0.4, -0.2) is 22.4 Å². The van der Waals surface area contributed by atoms with Gasteiger partial charge in [-0.15, -0.1) is 0 Å². The third-order valence-electron chi connectivity index (χ3n) is 2.53. The fourth-order valence-corrected chi connectivity index (χ4v) is 1.38. The molecule has 0 spiro atoms. The van der Waals surface area contributed by atoms with E-state index in [1.54, 1.807) is 0 Å². The van der Waals surface area contributed by atoms with Gasteiger partial charge in [0.1, 0.15) is 0 Å². The molecule has 1 fully saturated rings. The Morgan fingerprint density at radius 1 is 1.00 bits per heavy atom. The Kier molecular flexibility index (Phi) is 1.78. The molecule has 0 bridgehead atoms. The zero-order valence-corrected chi connectivity index (χ0v) is 5.91. The van der Waals surface area contributed by atoms with Crippen molar-refractivity contribution < 1.29 is 10.2 Å². The van der Waals surface area contributed by atoms with Crippen molar-refractivity contribution in [1.29, 1.82) is 0 Å². The quantitative estimate of drug-likeness (QED) is 0.498. The molecule has 4 atom stereocenters. The van der Waals surface area contributed by atoms with Crippen LogP contribution in [0.3, 0.4) is 0 Å². The van der Waals surface area contributed by atoms with E-state index in [9.17, 15) is 10.2 Å². The molecule has 0 aromatic rings. The lowest BCUT2D eigenvalue weighted by Gasteiger charge is -2.12. The molecule has 1 rings (SSSR count). The molecule has 1 aliphatic carbocycles. The van der Waals surface area contributed by atoms with Crippen LogP contribution in [0.1, 0.15) is 20.3 Å². The highest BCUT2D eigenvalue weighted by Crippen LogP contribution is 2.31. The smallest absolute Gasteiger partial charge is 0.0594 e. The molecule has 0 saturated heterocycles. The van der Waals surface area contributed by atoms with E-state index in [0.29, 0.717) is 6.42 Å². The number of aliphatic hydroxyl groups is 2. The minimum absolute atomic E-state index is 0.264.